The molecular weight excluding hydrogens is 649 g/mol. The van der Waals surface area contributed by atoms with E-state index in [1.54, 1.807) is 23.9 Å². The summed E-state index contributed by atoms with van der Waals surface area (Å²) >= 11 is 1.68. The van der Waals surface area contributed by atoms with Gasteiger partial charge in [0, 0.05) is 4.90 Å². The minimum Gasteiger partial charge on any atom is -0.479 e. The van der Waals surface area contributed by atoms with Crippen LogP contribution in [-0.2, 0) is 21.1 Å². The molecule has 0 atom stereocenters. The summed E-state index contributed by atoms with van der Waals surface area (Å²) in [5, 5.41) is 9.40. The fourth-order valence-corrected chi connectivity index (χ4v) is 5.03. The van der Waals surface area contributed by atoms with Crippen LogP contribution in [0.4, 0.5) is 17.3 Å². The fraction of sp³-hybridized carbons (Fsp3) is 0. The van der Waals surface area contributed by atoms with Crippen LogP contribution in [0.15, 0.2) is 107 Å². The van der Waals surface area contributed by atoms with E-state index in [1.807, 2.05) is 60.7 Å². The molecule has 0 unspecified atom stereocenters. The molecule has 0 fully saturated rings. The Morgan fingerprint density at radius 3 is 2.42 bits per heavy atom. The second-order valence-electron chi connectivity index (χ2n) is 7.88. The van der Waals surface area contributed by atoms with Gasteiger partial charge in [0.2, 0.25) is 0 Å². The monoisotopic (exact) mass is 666 g/mol. The van der Waals surface area contributed by atoms with Crippen molar-refractivity contribution in [1.82, 2.24) is 9.97 Å². The number of carboxylic acid groups (broad SMARTS) is 1. The van der Waals surface area contributed by atoms with Gasteiger partial charge in [0.15, 0.2) is 0 Å². The number of hydrogen-bond acceptors (Lipinski definition) is 5. The molecule has 0 amide bonds. The number of pyridine rings is 2. The summed E-state index contributed by atoms with van der Waals surface area (Å²) < 4.78 is 0. The van der Waals surface area contributed by atoms with Gasteiger partial charge in [-0.3, -0.25) is 14.9 Å². The first-order chi connectivity index (χ1) is 17.2. The number of benzene rings is 3. The third-order valence-electron chi connectivity index (χ3n) is 5.65. The summed E-state index contributed by atoms with van der Waals surface area (Å²) in [4.78, 5) is 25.6. The van der Waals surface area contributed by atoms with E-state index in [0.29, 0.717) is 17.1 Å². The maximum atomic E-state index is 11.5. The first-order valence-corrected chi connectivity index (χ1v) is 11.8. The zero-order valence-electron chi connectivity index (χ0n) is 18.7. The van der Waals surface area contributed by atoms with Gasteiger partial charge < -0.3 is 5.11 Å². The predicted molar refractivity (Wildman–Crippen MR) is 136 cm³/mol. The zero-order chi connectivity index (χ0) is 23.8. The maximum Gasteiger partial charge on any atom is 2.00 e. The van der Waals surface area contributed by atoms with E-state index >= 15 is 0 Å². The van der Waals surface area contributed by atoms with Gasteiger partial charge in [-0.25, -0.2) is 4.79 Å². The molecule has 2 aromatic heterocycles. The second kappa shape index (κ2) is 10.1. The molecule has 176 valence electrons. The molecule has 3 aromatic carbocycles. The summed E-state index contributed by atoms with van der Waals surface area (Å²) in [5.41, 5.74) is 4.18. The van der Waals surface area contributed by atoms with Crippen molar-refractivity contribution in [3.63, 3.8) is 0 Å². The van der Waals surface area contributed by atoms with Crippen LogP contribution in [0, 0.1) is 12.1 Å². The fourth-order valence-electron chi connectivity index (χ4n) is 4.02. The van der Waals surface area contributed by atoms with Crippen LogP contribution < -0.4 is 4.90 Å². The Bertz CT molecular complexity index is 1580. The van der Waals surface area contributed by atoms with Crippen molar-refractivity contribution in [2.75, 3.05) is 4.90 Å². The van der Waals surface area contributed by atoms with Gasteiger partial charge in [-0.05, 0) is 35.2 Å². The standard InChI is InChI=1S/C29H17N3O2S.Pt/c33-29(34)21-11-6-10-20(18-21)22-12-7-15-27(30-22)32-24-13-4-5-14-25(24)35-26-17-16-23(31-28(26)32)19-8-2-1-3-9-19;/h1-8,11-18H,(H,33,34);/q-2;+2. The van der Waals surface area contributed by atoms with Crippen molar-refractivity contribution in [1.29, 1.82) is 0 Å². The summed E-state index contributed by atoms with van der Waals surface area (Å²) in [6, 6.07) is 36.8. The first kappa shape index (κ1) is 24.0. The molecule has 36 heavy (non-hydrogen) atoms. The summed E-state index contributed by atoms with van der Waals surface area (Å²) in [6.45, 7) is 0. The van der Waals surface area contributed by atoms with Crippen LogP contribution in [0.25, 0.3) is 22.5 Å². The Kier molecular flexibility index (Phi) is 6.73. The summed E-state index contributed by atoms with van der Waals surface area (Å²) in [6.07, 6.45) is 0. The number of carboxylic acids is 1. The summed E-state index contributed by atoms with van der Waals surface area (Å²) in [5.74, 6) is 0.491. The Balaban J connectivity index is 0.00000267. The molecular formula is C29H17N3O2PtS. The Morgan fingerprint density at radius 1 is 0.778 bits per heavy atom. The smallest absolute Gasteiger partial charge is 0.479 e. The van der Waals surface area contributed by atoms with Crippen molar-refractivity contribution in [2.45, 2.75) is 9.79 Å². The van der Waals surface area contributed by atoms with E-state index in [0.717, 1.165) is 32.6 Å². The topological polar surface area (TPSA) is 66.3 Å². The van der Waals surface area contributed by atoms with Crippen molar-refractivity contribution in [2.24, 2.45) is 0 Å². The number of aromatic nitrogens is 2. The normalized spacial score (nSPS) is 11.7. The molecule has 7 heteroatoms. The number of rotatable bonds is 4. The molecule has 0 spiro atoms. The van der Waals surface area contributed by atoms with Crippen LogP contribution in [0.5, 0.6) is 0 Å². The predicted octanol–water partition coefficient (Wildman–Crippen LogP) is 7.04. The van der Waals surface area contributed by atoms with Crippen LogP contribution >= 0.6 is 11.8 Å². The number of aromatic carboxylic acids is 1. The molecule has 3 heterocycles. The summed E-state index contributed by atoms with van der Waals surface area (Å²) in [7, 11) is 0. The van der Waals surface area contributed by atoms with Gasteiger partial charge in [0.1, 0.15) is 11.6 Å². The molecule has 0 radical (unpaired) electrons. The number of anilines is 3. The van der Waals surface area contributed by atoms with E-state index in [-0.39, 0.29) is 26.6 Å². The van der Waals surface area contributed by atoms with Gasteiger partial charge in [-0.15, -0.1) is 65.7 Å². The van der Waals surface area contributed by atoms with Gasteiger partial charge in [-0.1, -0.05) is 48.2 Å². The van der Waals surface area contributed by atoms with Crippen molar-refractivity contribution in [3.05, 3.63) is 115 Å². The van der Waals surface area contributed by atoms with Crippen molar-refractivity contribution < 1.29 is 31.0 Å². The van der Waals surface area contributed by atoms with E-state index in [9.17, 15) is 9.90 Å². The molecule has 0 saturated heterocycles. The largest absolute Gasteiger partial charge is 2.00 e. The molecule has 0 saturated carbocycles. The molecule has 0 aliphatic carbocycles. The molecule has 1 aliphatic rings. The second-order valence-corrected chi connectivity index (χ2v) is 8.96. The zero-order valence-corrected chi connectivity index (χ0v) is 21.7. The minimum absolute atomic E-state index is 0. The molecule has 1 N–H and O–H groups in total. The average Bonchev–Trinajstić information content (AvgIpc) is 2.92. The Hall–Kier alpha value is -3.73. The average molecular weight is 667 g/mol. The van der Waals surface area contributed by atoms with E-state index in [4.69, 9.17) is 9.97 Å². The number of fused-ring (bicyclic) bond motifs is 2. The Morgan fingerprint density at radius 2 is 1.58 bits per heavy atom. The maximum absolute atomic E-state index is 11.5. The molecule has 0 bridgehead atoms. The third-order valence-corrected chi connectivity index (χ3v) is 6.75. The van der Waals surface area contributed by atoms with Gasteiger partial charge >= 0.3 is 27.0 Å². The SMILES string of the molecule is O=C(O)c1cc[c-]c(-c2cccc(N3c4ccccc4Sc4ccc(-c5[c-]cccc5)nc43)n2)c1.[Pt+2]. The third kappa shape index (κ3) is 4.46. The quantitative estimate of drug-likeness (QED) is 0.204. The van der Waals surface area contributed by atoms with Crippen LogP contribution in [-0.4, -0.2) is 21.0 Å². The van der Waals surface area contributed by atoms with Gasteiger partial charge in [0.25, 0.3) is 0 Å². The van der Waals surface area contributed by atoms with Gasteiger partial charge in [0.05, 0.1) is 10.6 Å². The van der Waals surface area contributed by atoms with E-state index in [2.05, 4.69) is 35.2 Å². The minimum atomic E-state index is -0.984. The molecule has 5 aromatic rings. The number of carbonyl (C=O) groups is 1. The van der Waals surface area contributed by atoms with Gasteiger partial charge in [-0.2, -0.15) is 0 Å². The molecule has 1 aliphatic heterocycles. The van der Waals surface area contributed by atoms with Crippen molar-refractivity contribution in [3.8, 4) is 22.5 Å². The number of para-hydroxylation sites is 1. The molecule has 6 rings (SSSR count). The van der Waals surface area contributed by atoms with Crippen LogP contribution in [0.1, 0.15) is 10.4 Å². The molecule has 5 nitrogen and oxygen atoms in total. The van der Waals surface area contributed by atoms with Crippen molar-refractivity contribution >= 4 is 35.1 Å². The van der Waals surface area contributed by atoms with Crippen LogP contribution in [0.2, 0.25) is 0 Å². The first-order valence-electron chi connectivity index (χ1n) is 10.9. The van der Waals surface area contributed by atoms with E-state index < -0.39 is 5.97 Å². The Labute approximate surface area is 227 Å². The van der Waals surface area contributed by atoms with Crippen LogP contribution in [0.3, 0.4) is 0 Å². The number of nitrogens with zero attached hydrogens (tertiary/aromatic N) is 3. The van der Waals surface area contributed by atoms with E-state index in [1.165, 1.54) is 6.07 Å². The number of hydrogen-bond donors (Lipinski definition) is 1.